The SMILES string of the molecule is COc1ccc(CN(C)c2cc(Cl)nn3c(C(N)=O)cnc23)cc1. The Morgan fingerprint density at radius 1 is 1.38 bits per heavy atom. The average molecular weight is 346 g/mol. The highest BCUT2D eigenvalue weighted by molar-refractivity contribution is 6.29. The lowest BCUT2D eigenvalue weighted by Crippen LogP contribution is -2.19. The Bertz CT molecular complexity index is 891. The zero-order valence-electron chi connectivity index (χ0n) is 13.2. The standard InChI is InChI=1S/C16H16ClN5O2/c1-21(9-10-3-5-11(24-2)6-4-10)12-7-14(17)20-22-13(15(18)23)8-19-16(12)22/h3-8H,9H2,1-2H3,(H2,18,23). The normalized spacial score (nSPS) is 10.8. The van der Waals surface area contributed by atoms with E-state index in [0.29, 0.717) is 12.2 Å². The number of primary amides is 1. The fourth-order valence-corrected chi connectivity index (χ4v) is 2.64. The van der Waals surface area contributed by atoms with Gasteiger partial charge in [0.15, 0.2) is 10.8 Å². The molecule has 2 heterocycles. The van der Waals surface area contributed by atoms with Crippen LogP contribution in [0.5, 0.6) is 5.75 Å². The molecule has 1 aromatic carbocycles. The van der Waals surface area contributed by atoms with Gasteiger partial charge in [-0.3, -0.25) is 4.79 Å². The van der Waals surface area contributed by atoms with Gasteiger partial charge in [-0.05, 0) is 17.7 Å². The monoisotopic (exact) mass is 345 g/mol. The van der Waals surface area contributed by atoms with Crippen LogP contribution in [0.1, 0.15) is 16.1 Å². The van der Waals surface area contributed by atoms with Crippen LogP contribution < -0.4 is 15.4 Å². The van der Waals surface area contributed by atoms with Gasteiger partial charge in [-0.2, -0.15) is 5.10 Å². The van der Waals surface area contributed by atoms with Crippen LogP contribution in [-0.4, -0.2) is 34.7 Å². The first-order chi connectivity index (χ1) is 11.5. The average Bonchev–Trinajstić information content (AvgIpc) is 2.98. The second-order valence-electron chi connectivity index (χ2n) is 5.30. The highest BCUT2D eigenvalue weighted by Gasteiger charge is 2.16. The lowest BCUT2D eigenvalue weighted by molar-refractivity contribution is 0.0993. The number of halogens is 1. The minimum Gasteiger partial charge on any atom is -0.497 e. The van der Waals surface area contributed by atoms with Crippen LogP contribution in [0.25, 0.3) is 5.65 Å². The third kappa shape index (κ3) is 2.98. The molecule has 2 N–H and O–H groups in total. The first kappa shape index (κ1) is 16.1. The molecule has 0 aliphatic carbocycles. The van der Waals surface area contributed by atoms with Crippen LogP contribution in [0.15, 0.2) is 36.5 Å². The van der Waals surface area contributed by atoms with Crippen molar-refractivity contribution in [2.24, 2.45) is 5.73 Å². The lowest BCUT2D eigenvalue weighted by atomic mass is 10.2. The van der Waals surface area contributed by atoms with Crippen molar-refractivity contribution in [2.45, 2.75) is 6.54 Å². The van der Waals surface area contributed by atoms with Crippen molar-refractivity contribution in [1.29, 1.82) is 0 Å². The molecule has 0 fully saturated rings. The fraction of sp³-hybridized carbons (Fsp3) is 0.188. The minimum atomic E-state index is -0.610. The van der Waals surface area contributed by atoms with Gasteiger partial charge in [-0.25, -0.2) is 9.50 Å². The molecule has 8 heteroatoms. The number of rotatable bonds is 5. The Kier molecular flexibility index (Phi) is 4.26. The number of nitrogens with zero attached hydrogens (tertiary/aromatic N) is 4. The number of nitrogens with two attached hydrogens (primary N) is 1. The van der Waals surface area contributed by atoms with Crippen LogP contribution in [0.4, 0.5) is 5.69 Å². The molecule has 0 atom stereocenters. The molecule has 2 aromatic heterocycles. The van der Waals surface area contributed by atoms with E-state index in [-0.39, 0.29) is 10.8 Å². The summed E-state index contributed by atoms with van der Waals surface area (Å²) in [4.78, 5) is 17.7. The Morgan fingerprint density at radius 3 is 2.71 bits per heavy atom. The number of amides is 1. The number of aromatic nitrogens is 3. The molecule has 0 aliphatic heterocycles. The Balaban J connectivity index is 1.96. The Morgan fingerprint density at radius 2 is 2.08 bits per heavy atom. The van der Waals surface area contributed by atoms with Crippen LogP contribution in [0, 0.1) is 0 Å². The number of carbonyl (C=O) groups is 1. The largest absolute Gasteiger partial charge is 0.497 e. The minimum absolute atomic E-state index is 0.187. The second kappa shape index (κ2) is 6.37. The number of hydrogen-bond donors (Lipinski definition) is 1. The van der Waals surface area contributed by atoms with Crippen molar-refractivity contribution in [3.8, 4) is 5.75 Å². The van der Waals surface area contributed by atoms with E-state index >= 15 is 0 Å². The van der Waals surface area contributed by atoms with Gasteiger partial charge in [0.25, 0.3) is 5.91 Å². The molecule has 3 aromatic rings. The van der Waals surface area contributed by atoms with Gasteiger partial charge in [0.2, 0.25) is 0 Å². The van der Waals surface area contributed by atoms with Gasteiger partial charge in [-0.1, -0.05) is 23.7 Å². The summed E-state index contributed by atoms with van der Waals surface area (Å²) in [5, 5.41) is 4.35. The van der Waals surface area contributed by atoms with E-state index in [4.69, 9.17) is 22.1 Å². The summed E-state index contributed by atoms with van der Waals surface area (Å²) in [6.07, 6.45) is 1.39. The van der Waals surface area contributed by atoms with E-state index in [2.05, 4.69) is 10.1 Å². The first-order valence-electron chi connectivity index (χ1n) is 7.17. The zero-order chi connectivity index (χ0) is 17.3. The maximum atomic E-state index is 11.5. The summed E-state index contributed by atoms with van der Waals surface area (Å²) in [6.45, 7) is 0.624. The van der Waals surface area contributed by atoms with E-state index in [1.807, 2.05) is 36.2 Å². The van der Waals surface area contributed by atoms with Gasteiger partial charge in [0.1, 0.15) is 11.4 Å². The predicted molar refractivity (Wildman–Crippen MR) is 91.6 cm³/mol. The van der Waals surface area contributed by atoms with Gasteiger partial charge >= 0.3 is 0 Å². The van der Waals surface area contributed by atoms with Crippen molar-refractivity contribution < 1.29 is 9.53 Å². The van der Waals surface area contributed by atoms with E-state index < -0.39 is 5.91 Å². The number of hydrogen-bond acceptors (Lipinski definition) is 5. The highest BCUT2D eigenvalue weighted by atomic mass is 35.5. The first-order valence-corrected chi connectivity index (χ1v) is 7.55. The molecule has 0 unspecified atom stereocenters. The molecular formula is C16H16ClN5O2. The highest BCUT2D eigenvalue weighted by Crippen LogP contribution is 2.25. The molecule has 1 amide bonds. The van der Waals surface area contributed by atoms with Gasteiger partial charge in [-0.15, -0.1) is 0 Å². The number of methoxy groups -OCH3 is 1. The van der Waals surface area contributed by atoms with E-state index in [9.17, 15) is 4.79 Å². The van der Waals surface area contributed by atoms with E-state index in [1.54, 1.807) is 13.2 Å². The van der Waals surface area contributed by atoms with Crippen LogP contribution in [0.2, 0.25) is 5.15 Å². The van der Waals surface area contributed by atoms with E-state index in [0.717, 1.165) is 17.0 Å². The Labute approximate surface area is 143 Å². The molecule has 0 saturated heterocycles. The fourth-order valence-electron chi connectivity index (χ4n) is 2.46. The topological polar surface area (TPSA) is 85.8 Å². The summed E-state index contributed by atoms with van der Waals surface area (Å²) in [6, 6.07) is 9.47. The molecule has 0 aliphatic rings. The molecule has 0 saturated carbocycles. The summed E-state index contributed by atoms with van der Waals surface area (Å²) in [5.41, 5.74) is 7.88. The summed E-state index contributed by atoms with van der Waals surface area (Å²) in [7, 11) is 3.54. The van der Waals surface area contributed by atoms with Crippen LogP contribution in [-0.2, 0) is 6.54 Å². The Hall–Kier alpha value is -2.80. The van der Waals surface area contributed by atoms with Gasteiger partial charge in [0.05, 0.1) is 19.0 Å². The maximum absolute atomic E-state index is 11.5. The van der Waals surface area contributed by atoms with Crippen molar-refractivity contribution in [3.05, 3.63) is 52.9 Å². The lowest BCUT2D eigenvalue weighted by Gasteiger charge is -2.20. The molecule has 0 radical (unpaired) electrons. The zero-order valence-corrected chi connectivity index (χ0v) is 14.0. The molecule has 0 bridgehead atoms. The predicted octanol–water partition coefficient (Wildman–Crippen LogP) is 2.13. The molecule has 0 spiro atoms. The van der Waals surface area contributed by atoms with Crippen molar-refractivity contribution in [1.82, 2.24) is 14.6 Å². The maximum Gasteiger partial charge on any atom is 0.269 e. The van der Waals surface area contributed by atoms with Crippen LogP contribution >= 0.6 is 11.6 Å². The molecule has 24 heavy (non-hydrogen) atoms. The summed E-state index contributed by atoms with van der Waals surface area (Å²) < 4.78 is 6.53. The third-order valence-electron chi connectivity index (χ3n) is 3.66. The summed E-state index contributed by atoms with van der Waals surface area (Å²) >= 11 is 6.09. The third-order valence-corrected chi connectivity index (χ3v) is 3.85. The second-order valence-corrected chi connectivity index (χ2v) is 5.69. The van der Waals surface area contributed by atoms with E-state index in [1.165, 1.54) is 10.7 Å². The van der Waals surface area contributed by atoms with Gasteiger partial charge in [0, 0.05) is 19.7 Å². The molecule has 7 nitrogen and oxygen atoms in total. The number of benzene rings is 1. The summed E-state index contributed by atoms with van der Waals surface area (Å²) in [5.74, 6) is 0.191. The molecule has 3 rings (SSSR count). The van der Waals surface area contributed by atoms with Crippen molar-refractivity contribution in [2.75, 3.05) is 19.1 Å². The number of fused-ring (bicyclic) bond motifs is 1. The molecular weight excluding hydrogens is 330 g/mol. The smallest absolute Gasteiger partial charge is 0.269 e. The van der Waals surface area contributed by atoms with Crippen LogP contribution in [0.3, 0.4) is 0 Å². The number of anilines is 1. The van der Waals surface area contributed by atoms with Gasteiger partial charge < -0.3 is 15.4 Å². The quantitative estimate of drug-likeness (QED) is 0.765. The molecule has 124 valence electrons. The number of imidazole rings is 1. The van der Waals surface area contributed by atoms with Crippen molar-refractivity contribution in [3.63, 3.8) is 0 Å². The number of carbonyl (C=O) groups excluding carboxylic acids is 1. The van der Waals surface area contributed by atoms with Crippen molar-refractivity contribution >= 4 is 28.8 Å². The number of ether oxygens (including phenoxy) is 1.